The fourth-order valence-corrected chi connectivity index (χ4v) is 2.64. The first-order valence-electron chi connectivity index (χ1n) is 5.50. The standard InChI is InChI=1S/C11H14BrN3/c12-9-6-13-10(14-7-9)15-5-1-2-11(8-15)3-4-11/h6-7H,1-5,8H2. The van der Waals surface area contributed by atoms with Gasteiger partial charge in [0.15, 0.2) is 0 Å². The Morgan fingerprint density at radius 1 is 1.20 bits per heavy atom. The molecule has 0 atom stereocenters. The summed E-state index contributed by atoms with van der Waals surface area (Å²) in [5, 5.41) is 0. The molecule has 1 aromatic heterocycles. The van der Waals surface area contributed by atoms with Gasteiger partial charge in [-0.25, -0.2) is 9.97 Å². The molecule has 0 radical (unpaired) electrons. The van der Waals surface area contributed by atoms with Gasteiger partial charge in [0.05, 0.1) is 4.47 Å². The molecule has 1 aliphatic heterocycles. The Hall–Kier alpha value is -0.640. The molecule has 1 saturated heterocycles. The lowest BCUT2D eigenvalue weighted by molar-refractivity contribution is 0.391. The maximum absolute atomic E-state index is 4.36. The molecule has 2 fully saturated rings. The van der Waals surface area contributed by atoms with Crippen LogP contribution in [-0.4, -0.2) is 23.1 Å². The summed E-state index contributed by atoms with van der Waals surface area (Å²) in [7, 11) is 0. The van der Waals surface area contributed by atoms with Gasteiger partial charge in [-0.05, 0) is 47.0 Å². The van der Waals surface area contributed by atoms with Crippen molar-refractivity contribution in [1.29, 1.82) is 0 Å². The van der Waals surface area contributed by atoms with Crippen LogP contribution >= 0.6 is 15.9 Å². The third-order valence-corrected chi connectivity index (χ3v) is 3.92. The predicted molar refractivity (Wildman–Crippen MR) is 62.8 cm³/mol. The molecule has 1 saturated carbocycles. The van der Waals surface area contributed by atoms with E-state index in [0.717, 1.165) is 23.5 Å². The third kappa shape index (κ3) is 1.87. The summed E-state index contributed by atoms with van der Waals surface area (Å²) in [6.45, 7) is 2.28. The molecular formula is C11H14BrN3. The Bertz CT molecular complexity index is 359. The van der Waals surface area contributed by atoms with Crippen molar-refractivity contribution >= 4 is 21.9 Å². The highest BCUT2D eigenvalue weighted by molar-refractivity contribution is 9.10. The Labute approximate surface area is 98.0 Å². The van der Waals surface area contributed by atoms with E-state index in [0.29, 0.717) is 5.41 Å². The second-order valence-corrected chi connectivity index (χ2v) is 5.64. The van der Waals surface area contributed by atoms with Crippen molar-refractivity contribution in [2.75, 3.05) is 18.0 Å². The number of anilines is 1. The molecule has 3 nitrogen and oxygen atoms in total. The summed E-state index contributed by atoms with van der Waals surface area (Å²) >= 11 is 3.36. The van der Waals surface area contributed by atoms with Crippen LogP contribution in [0.25, 0.3) is 0 Å². The van der Waals surface area contributed by atoms with Gasteiger partial charge in [0.2, 0.25) is 5.95 Å². The fourth-order valence-electron chi connectivity index (χ4n) is 2.43. The lowest BCUT2D eigenvalue weighted by Crippen LogP contribution is -2.37. The number of halogens is 1. The molecule has 1 aliphatic carbocycles. The van der Waals surface area contributed by atoms with E-state index in [9.17, 15) is 0 Å². The van der Waals surface area contributed by atoms with E-state index in [2.05, 4.69) is 30.8 Å². The van der Waals surface area contributed by atoms with Crippen molar-refractivity contribution in [3.8, 4) is 0 Å². The second-order valence-electron chi connectivity index (χ2n) is 4.73. The van der Waals surface area contributed by atoms with Crippen LogP contribution in [0.15, 0.2) is 16.9 Å². The lowest BCUT2D eigenvalue weighted by Gasteiger charge is -2.32. The molecule has 80 valence electrons. The Kier molecular flexibility index (Phi) is 2.20. The highest BCUT2D eigenvalue weighted by Gasteiger charge is 2.45. The van der Waals surface area contributed by atoms with Crippen LogP contribution < -0.4 is 4.90 Å². The van der Waals surface area contributed by atoms with E-state index in [1.54, 1.807) is 0 Å². The summed E-state index contributed by atoms with van der Waals surface area (Å²) in [6, 6.07) is 0. The number of piperidine rings is 1. The minimum atomic E-state index is 0.634. The van der Waals surface area contributed by atoms with Crippen molar-refractivity contribution < 1.29 is 0 Å². The molecule has 0 N–H and O–H groups in total. The van der Waals surface area contributed by atoms with Crippen molar-refractivity contribution in [3.63, 3.8) is 0 Å². The molecule has 3 rings (SSSR count). The lowest BCUT2D eigenvalue weighted by atomic mass is 9.95. The first kappa shape index (κ1) is 9.58. The Balaban J connectivity index is 1.78. The summed E-state index contributed by atoms with van der Waals surface area (Å²) < 4.78 is 0.949. The fraction of sp³-hybridized carbons (Fsp3) is 0.636. The van der Waals surface area contributed by atoms with E-state index in [1.807, 2.05) is 12.4 Å². The predicted octanol–water partition coefficient (Wildman–Crippen LogP) is 2.62. The van der Waals surface area contributed by atoms with Gasteiger partial charge in [0.25, 0.3) is 0 Å². The molecule has 0 amide bonds. The molecule has 0 aromatic carbocycles. The summed E-state index contributed by atoms with van der Waals surface area (Å²) in [6.07, 6.45) is 9.16. The maximum Gasteiger partial charge on any atom is 0.225 e. The average Bonchev–Trinajstić information content (AvgIpc) is 2.99. The molecule has 1 spiro atoms. The molecule has 2 heterocycles. The van der Waals surface area contributed by atoms with Gasteiger partial charge in [0.1, 0.15) is 0 Å². The van der Waals surface area contributed by atoms with Gasteiger partial charge in [0, 0.05) is 25.5 Å². The molecule has 1 aromatic rings. The number of hydrogen-bond acceptors (Lipinski definition) is 3. The first-order chi connectivity index (χ1) is 7.27. The van der Waals surface area contributed by atoms with E-state index in [4.69, 9.17) is 0 Å². The van der Waals surface area contributed by atoms with E-state index >= 15 is 0 Å². The van der Waals surface area contributed by atoms with Crippen molar-refractivity contribution in [2.45, 2.75) is 25.7 Å². The van der Waals surface area contributed by atoms with E-state index in [1.165, 1.54) is 25.7 Å². The van der Waals surface area contributed by atoms with Crippen molar-refractivity contribution in [2.24, 2.45) is 5.41 Å². The summed E-state index contributed by atoms with van der Waals surface area (Å²) in [5.74, 6) is 0.893. The number of hydrogen-bond donors (Lipinski definition) is 0. The quantitative estimate of drug-likeness (QED) is 0.784. The molecule has 0 bridgehead atoms. The highest BCUT2D eigenvalue weighted by Crippen LogP contribution is 2.52. The molecule has 2 aliphatic rings. The molecule has 0 unspecified atom stereocenters. The topological polar surface area (TPSA) is 29.0 Å². The van der Waals surface area contributed by atoms with Crippen LogP contribution in [0.4, 0.5) is 5.95 Å². The van der Waals surface area contributed by atoms with Gasteiger partial charge < -0.3 is 4.90 Å². The average molecular weight is 268 g/mol. The molecule has 4 heteroatoms. The Morgan fingerprint density at radius 3 is 2.60 bits per heavy atom. The number of rotatable bonds is 1. The third-order valence-electron chi connectivity index (χ3n) is 3.51. The molecule has 15 heavy (non-hydrogen) atoms. The smallest absolute Gasteiger partial charge is 0.225 e. The van der Waals surface area contributed by atoms with Crippen LogP contribution in [-0.2, 0) is 0 Å². The van der Waals surface area contributed by atoms with E-state index < -0.39 is 0 Å². The zero-order chi connectivity index (χ0) is 10.3. The normalized spacial score (nSPS) is 23.1. The van der Waals surface area contributed by atoms with Gasteiger partial charge in [-0.1, -0.05) is 0 Å². The minimum absolute atomic E-state index is 0.634. The Morgan fingerprint density at radius 2 is 1.93 bits per heavy atom. The van der Waals surface area contributed by atoms with Gasteiger partial charge >= 0.3 is 0 Å². The monoisotopic (exact) mass is 267 g/mol. The van der Waals surface area contributed by atoms with Crippen LogP contribution in [0.3, 0.4) is 0 Å². The van der Waals surface area contributed by atoms with Crippen molar-refractivity contribution in [3.05, 3.63) is 16.9 Å². The number of nitrogens with zero attached hydrogens (tertiary/aromatic N) is 3. The van der Waals surface area contributed by atoms with Gasteiger partial charge in [-0.2, -0.15) is 0 Å². The summed E-state index contributed by atoms with van der Waals surface area (Å²) in [5.41, 5.74) is 0.634. The zero-order valence-corrected chi connectivity index (χ0v) is 10.2. The van der Waals surface area contributed by atoms with Crippen LogP contribution in [0.2, 0.25) is 0 Å². The van der Waals surface area contributed by atoms with Crippen LogP contribution in [0.1, 0.15) is 25.7 Å². The maximum atomic E-state index is 4.36. The number of aromatic nitrogens is 2. The zero-order valence-electron chi connectivity index (χ0n) is 8.62. The van der Waals surface area contributed by atoms with Crippen LogP contribution in [0.5, 0.6) is 0 Å². The minimum Gasteiger partial charge on any atom is -0.340 e. The SMILES string of the molecule is Brc1cnc(N2CCCC3(CC3)C2)nc1. The highest BCUT2D eigenvalue weighted by atomic mass is 79.9. The summed E-state index contributed by atoms with van der Waals surface area (Å²) in [4.78, 5) is 11.1. The largest absolute Gasteiger partial charge is 0.340 e. The second kappa shape index (κ2) is 3.44. The van der Waals surface area contributed by atoms with Crippen molar-refractivity contribution in [1.82, 2.24) is 9.97 Å². The van der Waals surface area contributed by atoms with Gasteiger partial charge in [-0.15, -0.1) is 0 Å². The van der Waals surface area contributed by atoms with Crippen LogP contribution in [0, 0.1) is 5.41 Å². The van der Waals surface area contributed by atoms with Gasteiger partial charge in [-0.3, -0.25) is 0 Å². The first-order valence-corrected chi connectivity index (χ1v) is 6.29. The molecular weight excluding hydrogens is 254 g/mol. The van der Waals surface area contributed by atoms with E-state index in [-0.39, 0.29) is 0 Å².